The van der Waals surface area contributed by atoms with Gasteiger partial charge in [0.2, 0.25) is 11.8 Å². The van der Waals surface area contributed by atoms with Gasteiger partial charge < -0.3 is 15.5 Å². The Morgan fingerprint density at radius 3 is 2.36 bits per heavy atom. The molecule has 2 unspecified atom stereocenters. The Hall–Kier alpha value is -2.08. The average Bonchev–Trinajstić information content (AvgIpc) is 2.72. The van der Waals surface area contributed by atoms with Gasteiger partial charge in [0, 0.05) is 36.6 Å². The highest BCUT2D eigenvalue weighted by Crippen LogP contribution is 2.13. The molecule has 0 aromatic heterocycles. The molecule has 1 saturated heterocycles. The van der Waals surface area contributed by atoms with Crippen LogP contribution >= 0.6 is 11.6 Å². The molecule has 6 nitrogen and oxygen atoms in total. The monoisotopic (exact) mass is 407 g/mol. The van der Waals surface area contributed by atoms with Gasteiger partial charge in [0.15, 0.2) is 0 Å². The summed E-state index contributed by atoms with van der Waals surface area (Å²) in [5, 5.41) is 6.17. The molecule has 1 heterocycles. The lowest BCUT2D eigenvalue weighted by Gasteiger charge is -2.27. The van der Waals surface area contributed by atoms with Gasteiger partial charge in [-0.3, -0.25) is 14.4 Å². The number of carbonyl (C=O) groups excluding carboxylic acids is 3. The average molecular weight is 408 g/mol. The first-order chi connectivity index (χ1) is 13.4. The second-order valence-electron chi connectivity index (χ2n) is 7.33. The summed E-state index contributed by atoms with van der Waals surface area (Å²) in [4.78, 5) is 39.2. The molecule has 7 heteroatoms. The summed E-state index contributed by atoms with van der Waals surface area (Å²) < 4.78 is 0. The fraction of sp³-hybridized carbons (Fsp3) is 0.571. The largest absolute Gasteiger partial charge is 0.354 e. The number of halogens is 1. The van der Waals surface area contributed by atoms with Crippen LogP contribution < -0.4 is 10.6 Å². The first kappa shape index (κ1) is 22.2. The third-order valence-electron chi connectivity index (χ3n) is 5.24. The number of hydrogen-bond donors (Lipinski definition) is 2. The predicted octanol–water partition coefficient (Wildman–Crippen LogP) is 3.00. The number of piperidine rings is 1. The van der Waals surface area contributed by atoms with Crippen LogP contribution in [0.2, 0.25) is 5.02 Å². The van der Waals surface area contributed by atoms with Crippen molar-refractivity contribution in [1.82, 2.24) is 15.5 Å². The lowest BCUT2D eigenvalue weighted by atomic mass is 9.97. The summed E-state index contributed by atoms with van der Waals surface area (Å²) in [7, 11) is 0. The number of nitrogens with one attached hydrogen (secondary N) is 2. The Labute approximate surface area is 172 Å². The highest BCUT2D eigenvalue weighted by Gasteiger charge is 2.26. The van der Waals surface area contributed by atoms with Crippen molar-refractivity contribution in [2.24, 2.45) is 5.92 Å². The number of amides is 3. The van der Waals surface area contributed by atoms with Crippen LogP contribution in [0.5, 0.6) is 0 Å². The van der Waals surface area contributed by atoms with Gasteiger partial charge in [-0.1, -0.05) is 31.9 Å². The van der Waals surface area contributed by atoms with E-state index < -0.39 is 6.04 Å². The molecule has 1 fully saturated rings. The van der Waals surface area contributed by atoms with Crippen LogP contribution in [0.4, 0.5) is 0 Å². The molecular formula is C21H30ClN3O3. The SMILES string of the molecule is CCC(C)C(NC(=O)c1ccc(Cl)cc1)C(=O)NCCC(=O)N1CCCCC1. The van der Waals surface area contributed by atoms with E-state index >= 15 is 0 Å². The van der Waals surface area contributed by atoms with Crippen molar-refractivity contribution < 1.29 is 14.4 Å². The second kappa shape index (κ2) is 11.1. The molecule has 0 aliphatic carbocycles. The molecule has 154 valence electrons. The zero-order chi connectivity index (χ0) is 20.5. The van der Waals surface area contributed by atoms with E-state index in [9.17, 15) is 14.4 Å². The van der Waals surface area contributed by atoms with Crippen LogP contribution in [0.3, 0.4) is 0 Å². The highest BCUT2D eigenvalue weighted by molar-refractivity contribution is 6.30. The van der Waals surface area contributed by atoms with E-state index in [1.54, 1.807) is 24.3 Å². The fourth-order valence-corrected chi connectivity index (χ4v) is 3.36. The van der Waals surface area contributed by atoms with Gasteiger partial charge in [-0.2, -0.15) is 0 Å². The molecule has 2 rings (SSSR count). The van der Waals surface area contributed by atoms with Gasteiger partial charge in [0.1, 0.15) is 6.04 Å². The van der Waals surface area contributed by atoms with Gasteiger partial charge in [-0.05, 0) is 49.4 Å². The van der Waals surface area contributed by atoms with Crippen LogP contribution in [-0.4, -0.2) is 48.3 Å². The molecule has 3 amide bonds. The Morgan fingerprint density at radius 2 is 1.75 bits per heavy atom. The molecule has 2 atom stereocenters. The van der Waals surface area contributed by atoms with Crippen molar-refractivity contribution in [1.29, 1.82) is 0 Å². The quantitative estimate of drug-likeness (QED) is 0.695. The van der Waals surface area contributed by atoms with Gasteiger partial charge in [-0.15, -0.1) is 0 Å². The Kier molecular flexibility index (Phi) is 8.77. The minimum absolute atomic E-state index is 0.0333. The van der Waals surface area contributed by atoms with Crippen LogP contribution in [0.1, 0.15) is 56.3 Å². The minimum Gasteiger partial charge on any atom is -0.354 e. The third-order valence-corrected chi connectivity index (χ3v) is 5.49. The van der Waals surface area contributed by atoms with E-state index in [-0.39, 0.29) is 36.6 Å². The molecule has 2 N–H and O–H groups in total. The first-order valence-corrected chi connectivity index (χ1v) is 10.4. The van der Waals surface area contributed by atoms with Crippen LogP contribution in [0.15, 0.2) is 24.3 Å². The number of benzene rings is 1. The Bertz CT molecular complexity index is 672. The molecule has 0 radical (unpaired) electrons. The molecule has 1 aliphatic rings. The molecule has 0 saturated carbocycles. The topological polar surface area (TPSA) is 78.5 Å². The molecule has 1 aromatic rings. The first-order valence-electron chi connectivity index (χ1n) is 10.0. The van der Waals surface area contributed by atoms with Crippen LogP contribution in [0.25, 0.3) is 0 Å². The maximum Gasteiger partial charge on any atom is 0.251 e. The van der Waals surface area contributed by atoms with Crippen molar-refractivity contribution in [3.05, 3.63) is 34.9 Å². The smallest absolute Gasteiger partial charge is 0.251 e. The zero-order valence-electron chi connectivity index (χ0n) is 16.7. The Balaban J connectivity index is 1.88. The summed E-state index contributed by atoms with van der Waals surface area (Å²) in [5.74, 6) is -0.538. The van der Waals surface area contributed by atoms with Crippen LogP contribution in [0, 0.1) is 5.92 Å². The van der Waals surface area contributed by atoms with Crippen molar-refractivity contribution in [2.45, 2.75) is 52.0 Å². The molecule has 1 aliphatic heterocycles. The van der Waals surface area contributed by atoms with E-state index in [2.05, 4.69) is 10.6 Å². The summed E-state index contributed by atoms with van der Waals surface area (Å²) in [6.07, 6.45) is 4.29. The number of carbonyl (C=O) groups is 3. The van der Waals surface area contributed by atoms with Crippen LogP contribution in [-0.2, 0) is 9.59 Å². The van der Waals surface area contributed by atoms with E-state index in [0.717, 1.165) is 32.4 Å². The van der Waals surface area contributed by atoms with Crippen molar-refractivity contribution in [3.63, 3.8) is 0 Å². The van der Waals surface area contributed by atoms with Gasteiger partial charge in [0.25, 0.3) is 5.91 Å². The van der Waals surface area contributed by atoms with Gasteiger partial charge in [0.05, 0.1) is 0 Å². The summed E-state index contributed by atoms with van der Waals surface area (Å²) in [6.45, 7) is 5.78. The fourth-order valence-electron chi connectivity index (χ4n) is 3.23. The highest BCUT2D eigenvalue weighted by atomic mass is 35.5. The maximum absolute atomic E-state index is 12.7. The number of nitrogens with zero attached hydrogens (tertiary/aromatic N) is 1. The minimum atomic E-state index is -0.654. The summed E-state index contributed by atoms with van der Waals surface area (Å²) in [5.41, 5.74) is 0.450. The van der Waals surface area contributed by atoms with E-state index in [1.165, 1.54) is 6.42 Å². The maximum atomic E-state index is 12.7. The van der Waals surface area contributed by atoms with Crippen molar-refractivity contribution >= 4 is 29.3 Å². The molecule has 0 spiro atoms. The zero-order valence-corrected chi connectivity index (χ0v) is 17.4. The summed E-state index contributed by atoms with van der Waals surface area (Å²) in [6, 6.07) is 5.88. The lowest BCUT2D eigenvalue weighted by molar-refractivity contribution is -0.132. The van der Waals surface area contributed by atoms with Gasteiger partial charge in [-0.25, -0.2) is 0 Å². The third kappa shape index (κ3) is 6.51. The van der Waals surface area contributed by atoms with E-state index in [1.807, 2.05) is 18.7 Å². The number of hydrogen-bond acceptors (Lipinski definition) is 3. The predicted molar refractivity (Wildman–Crippen MR) is 110 cm³/mol. The van der Waals surface area contributed by atoms with E-state index in [0.29, 0.717) is 10.6 Å². The van der Waals surface area contributed by atoms with E-state index in [4.69, 9.17) is 11.6 Å². The van der Waals surface area contributed by atoms with Crippen molar-refractivity contribution in [3.8, 4) is 0 Å². The molecule has 28 heavy (non-hydrogen) atoms. The van der Waals surface area contributed by atoms with Crippen molar-refractivity contribution in [2.75, 3.05) is 19.6 Å². The normalized spacial score (nSPS) is 16.2. The van der Waals surface area contributed by atoms with Gasteiger partial charge >= 0.3 is 0 Å². The summed E-state index contributed by atoms with van der Waals surface area (Å²) >= 11 is 5.86. The Morgan fingerprint density at radius 1 is 1.11 bits per heavy atom. The number of likely N-dealkylation sites (tertiary alicyclic amines) is 1. The molecule has 0 bridgehead atoms. The molecular weight excluding hydrogens is 378 g/mol. The standard InChI is InChI=1S/C21H30ClN3O3/c1-3-15(2)19(24-20(27)16-7-9-17(22)10-8-16)21(28)23-12-11-18(26)25-13-5-4-6-14-25/h7-10,15,19H,3-6,11-14H2,1-2H3,(H,23,28)(H,24,27). The molecule has 1 aromatic carbocycles. The number of rotatable bonds is 8. The lowest BCUT2D eigenvalue weighted by Crippen LogP contribution is -2.50. The second-order valence-corrected chi connectivity index (χ2v) is 7.76.